The van der Waals surface area contributed by atoms with Gasteiger partial charge in [0.2, 0.25) is 11.8 Å². The van der Waals surface area contributed by atoms with E-state index >= 15 is 0 Å². The Hall–Kier alpha value is -1.58. The molecule has 6 nitrogen and oxygen atoms in total. The number of hydrogen-bond acceptors (Lipinski definition) is 4. The second kappa shape index (κ2) is 17.0. The smallest absolute Gasteiger partial charge is 0.224 e. The monoisotopic (exact) mass is 702 g/mol. The number of amides is 2. The van der Waals surface area contributed by atoms with Gasteiger partial charge >= 0.3 is 0 Å². The number of phenols is 1. The minimum absolute atomic E-state index is 0.298. The summed E-state index contributed by atoms with van der Waals surface area (Å²) in [5.74, 6) is -4.33. The summed E-state index contributed by atoms with van der Waals surface area (Å²) in [7, 11) is 0. The molecule has 9 heteroatoms. The Labute approximate surface area is 272 Å². The predicted octanol–water partition coefficient (Wildman–Crippen LogP) is 6.96. The van der Waals surface area contributed by atoms with Gasteiger partial charge in [0.1, 0.15) is 11.5 Å². The average molecular weight is 705 g/mol. The van der Waals surface area contributed by atoms with Gasteiger partial charge in [0.25, 0.3) is 0 Å². The second-order valence-electron chi connectivity index (χ2n) is 5.48. The number of ether oxygens (including phenoxy) is 1. The molecule has 0 radical (unpaired) electrons. The van der Waals surface area contributed by atoms with Crippen LogP contribution in [0.2, 0.25) is 0 Å². The van der Waals surface area contributed by atoms with Crippen LogP contribution in [-0.4, -0.2) is 39.3 Å². The molecule has 2 aromatic rings. The zero-order chi connectivity index (χ0) is 50.5. The van der Waals surface area contributed by atoms with E-state index in [2.05, 4.69) is 53.1 Å². The van der Waals surface area contributed by atoms with Gasteiger partial charge in [-0.1, -0.05) is 59.9 Å². The van der Waals surface area contributed by atoms with Crippen LogP contribution in [0.1, 0.15) is 87.7 Å². The predicted molar refractivity (Wildman–Crippen MR) is 154 cm³/mol. The van der Waals surface area contributed by atoms with Gasteiger partial charge in [-0.05, 0) is 61.4 Å². The highest BCUT2D eigenvalue weighted by Crippen LogP contribution is 2.27. The number of hydrogen-bond donors (Lipinski definition) is 3. The minimum Gasteiger partial charge on any atom is -0.508 e. The number of aromatic hydroxyl groups is 1. The summed E-state index contributed by atoms with van der Waals surface area (Å²) in [5.41, 5.74) is -1.82. The van der Waals surface area contributed by atoms with Gasteiger partial charge in [-0.15, -0.1) is 0 Å². The molecule has 3 N–H and O–H groups in total. The second-order valence-corrected chi connectivity index (χ2v) is 6.67. The van der Waals surface area contributed by atoms with Crippen molar-refractivity contribution in [1.29, 1.82) is 0 Å². The van der Waals surface area contributed by atoms with E-state index in [0.717, 1.165) is 6.07 Å². The molecule has 2 amide bonds. The highest BCUT2D eigenvalue weighted by atomic mass is 79.9. The third kappa shape index (κ3) is 11.3. The number of carbonyl (C=O) groups is 2. The summed E-state index contributed by atoms with van der Waals surface area (Å²) in [6.07, 6.45) is -24.7. The number of anilines is 2. The molecule has 0 unspecified atom stereocenters. The normalized spacial score (nSPS) is 34.4. The van der Waals surface area contributed by atoms with Crippen molar-refractivity contribution in [2.75, 3.05) is 33.0 Å². The van der Waals surface area contributed by atoms with Crippen LogP contribution >= 0.6 is 47.8 Å². The van der Waals surface area contributed by atoms with E-state index < -0.39 is 132 Å². The van der Waals surface area contributed by atoms with Gasteiger partial charge in [0.05, 0.1) is 14.8 Å². The quantitative estimate of drug-likeness (QED) is 0.260. The molecule has 0 aliphatic carbocycles. The molecule has 2 aliphatic rings. The summed E-state index contributed by atoms with van der Waals surface area (Å²) < 4.78 is 216. The van der Waals surface area contributed by atoms with Crippen LogP contribution in [0.15, 0.2) is 36.3 Å². The van der Waals surface area contributed by atoms with Crippen LogP contribution in [-0.2, 0) is 22.3 Å². The molecule has 2 aromatic carbocycles. The molecule has 0 spiro atoms. The Morgan fingerprint density at radius 3 is 1.94 bits per heavy atom. The van der Waals surface area contributed by atoms with E-state index in [9.17, 15) is 14.7 Å². The number of nitrogens with one attached hydrogen (secondary N) is 2. The third-order valence-electron chi connectivity index (χ3n) is 3.29. The number of rotatable bonds is 8. The van der Waals surface area contributed by atoms with Crippen LogP contribution in [0, 0.1) is 0 Å². The minimum atomic E-state index is -3.68. The summed E-state index contributed by atoms with van der Waals surface area (Å²) in [4.78, 5) is 23.5. The SMILES string of the molecule is [2H]C([2H])(Br)C([2H])([2H])C([2H])([2H])C([2H])([2H])Br.[2H]c1cc2c(c([2H])c1O)NC(=O)C([2H])([2H])C2([2H])[2H].[2H]c1cc2c(c([2H])c1OC([2H])([2H])C([2H])([2H])C([2H])([2H])C([2H])([2H])Br)NC(=O)C([2H])([2H])C2([2H])[2H]. The summed E-state index contributed by atoms with van der Waals surface area (Å²) >= 11 is 7.04. The summed E-state index contributed by atoms with van der Waals surface area (Å²) in [6.45, 7) is -3.65. The lowest BCUT2D eigenvalue weighted by Crippen LogP contribution is -2.18. The topological polar surface area (TPSA) is 87.7 Å². The summed E-state index contributed by atoms with van der Waals surface area (Å²) in [6, 6.07) is -1.30. The van der Waals surface area contributed by atoms with Gasteiger partial charge in [0.15, 0.2) is 0 Å². The number of fused-ring (bicyclic) bond motifs is 2. The lowest BCUT2D eigenvalue weighted by molar-refractivity contribution is -0.117. The first kappa shape index (κ1) is 9.02. The Kier molecular flexibility index (Phi) is 4.37. The lowest BCUT2D eigenvalue weighted by Gasteiger charge is -2.17. The highest BCUT2D eigenvalue weighted by Gasteiger charge is 2.15. The lowest BCUT2D eigenvalue weighted by atomic mass is 10.0. The first-order valence-electron chi connectivity index (χ1n) is 22.8. The van der Waals surface area contributed by atoms with Crippen molar-refractivity contribution in [3.8, 4) is 11.5 Å². The molecule has 0 bridgehead atoms. The fourth-order valence-corrected chi connectivity index (χ4v) is 2.32. The van der Waals surface area contributed by atoms with Gasteiger partial charge in [-0.3, -0.25) is 9.59 Å². The molecule has 0 saturated carbocycles. The van der Waals surface area contributed by atoms with Crippen LogP contribution in [0.4, 0.5) is 11.4 Å². The van der Waals surface area contributed by atoms with E-state index in [-0.39, 0.29) is 11.3 Å². The molecule has 4 rings (SSSR count). The first-order valence-corrected chi connectivity index (χ1v) is 11.1. The number of aryl methyl sites for hydroxylation is 2. The van der Waals surface area contributed by atoms with Crippen LogP contribution in [0.5, 0.6) is 11.5 Å². The maximum Gasteiger partial charge on any atom is 0.224 e. The molecule has 0 aromatic heterocycles. The third-order valence-corrected chi connectivity index (χ3v) is 3.89. The fourth-order valence-electron chi connectivity index (χ4n) is 2.02. The number of halogens is 3. The molecule has 0 saturated heterocycles. The van der Waals surface area contributed by atoms with Crippen LogP contribution < -0.4 is 15.4 Å². The Balaban J connectivity index is 0.000000360. The largest absolute Gasteiger partial charge is 0.508 e. The highest BCUT2D eigenvalue weighted by molar-refractivity contribution is 9.09. The van der Waals surface area contributed by atoms with E-state index in [4.69, 9.17) is 43.1 Å². The van der Waals surface area contributed by atoms with E-state index in [1.165, 1.54) is 0 Å². The zero-order valence-electron chi connectivity index (χ0n) is 45.0. The van der Waals surface area contributed by atoms with Crippen molar-refractivity contribution in [1.82, 2.24) is 0 Å². The molecule has 2 heterocycles. The van der Waals surface area contributed by atoms with Crippen molar-refractivity contribution < 1.29 is 57.8 Å². The van der Waals surface area contributed by atoms with Crippen molar-refractivity contribution in [3.05, 3.63) is 47.4 Å². The van der Waals surface area contributed by atoms with Gasteiger partial charge in [0, 0.05) is 82.2 Å². The number of carbonyl (C=O) groups excluding carboxylic acids is 2. The van der Waals surface area contributed by atoms with Crippen molar-refractivity contribution in [2.24, 2.45) is 0 Å². The Bertz CT molecular complexity index is 2110. The summed E-state index contributed by atoms with van der Waals surface area (Å²) in [5, 5.41) is 5.06. The number of phenolic OH excluding ortho intramolecular Hbond substituents is 1. The maximum absolute atomic E-state index is 12.0. The van der Waals surface area contributed by atoms with Crippen molar-refractivity contribution in [2.45, 2.75) is 51.0 Å². The zero-order valence-corrected chi connectivity index (χ0v) is 21.7. The number of benzene rings is 2. The number of alkyl halides is 3. The average Bonchev–Trinajstić information content (AvgIpc) is 3.08. The molecule has 192 valence electrons. The maximum atomic E-state index is 12.0. The fraction of sp³-hybridized carbons (Fsp3) is 0.462. The van der Waals surface area contributed by atoms with Crippen LogP contribution in [0.3, 0.4) is 0 Å². The molecule has 35 heavy (non-hydrogen) atoms. The molecule has 0 fully saturated rings. The van der Waals surface area contributed by atoms with E-state index in [1.54, 1.807) is 0 Å². The Morgan fingerprint density at radius 2 is 1.37 bits per heavy atom. The van der Waals surface area contributed by atoms with Gasteiger partial charge in [-0.2, -0.15) is 0 Å². The Morgan fingerprint density at radius 1 is 0.857 bits per heavy atom. The molecular formula is C26H33Br3N2O4. The molecule has 0 atom stereocenters. The molecular weight excluding hydrogens is 644 g/mol. The van der Waals surface area contributed by atoms with Gasteiger partial charge in [-0.25, -0.2) is 0 Å². The first-order chi connectivity index (χ1) is 27.4. The van der Waals surface area contributed by atoms with Crippen molar-refractivity contribution in [3.63, 3.8) is 0 Å². The van der Waals surface area contributed by atoms with Gasteiger partial charge < -0.3 is 20.5 Å². The van der Waals surface area contributed by atoms with Crippen molar-refractivity contribution >= 4 is 71.0 Å². The molecule has 2 aliphatic heterocycles. The van der Waals surface area contributed by atoms with Crippen LogP contribution in [0.25, 0.3) is 0 Å². The van der Waals surface area contributed by atoms with E-state index in [1.807, 2.05) is 5.32 Å². The standard InChI is InChI=1S/C13H16BrNO2.C9H9NO2.C4H8Br2/c14-7-1-2-8-17-11-5-3-10-4-6-13(16)15-12(10)9-11;11-7-3-1-6-2-4-9(12)10-8(6)5-7;5-3-1-2-4-6/h3,5,9H,1-2,4,6-8H2,(H,15,16);1,3,5,11H,2,4H2,(H,10,12);1-4H2/i1D2,2D2,4D2,5D,6D2,7D2,8D2,9D;2D2,3D,4D2,5D;1D2,2D2,3D2,4D2. The van der Waals surface area contributed by atoms with E-state index in [0.29, 0.717) is 6.07 Å².